The third-order valence-corrected chi connectivity index (χ3v) is 1.72. The van der Waals surface area contributed by atoms with Crippen LogP contribution >= 0.6 is 0 Å². The van der Waals surface area contributed by atoms with E-state index in [9.17, 15) is 9.90 Å². The monoisotopic (exact) mass is 187 g/mol. The van der Waals surface area contributed by atoms with Gasteiger partial charge in [-0.3, -0.25) is 0 Å². The molecular weight excluding hydrogens is 170 g/mol. The number of aliphatic hydroxyl groups excluding tert-OH is 1. The van der Waals surface area contributed by atoms with Crippen molar-refractivity contribution in [2.45, 2.75) is 32.4 Å². The molecule has 0 aromatic carbocycles. The predicted octanol–water partition coefficient (Wildman–Crippen LogP) is 0.676. The Hall–Kier alpha value is -1.03. The van der Waals surface area contributed by atoms with Gasteiger partial charge in [0.05, 0.1) is 6.10 Å². The molecule has 2 N–H and O–H groups in total. The summed E-state index contributed by atoms with van der Waals surface area (Å²) in [6, 6.07) is -0.872. The predicted molar refractivity (Wildman–Crippen MR) is 50.3 cm³/mol. The van der Waals surface area contributed by atoms with Gasteiger partial charge in [0.1, 0.15) is 0 Å². The smallest absolute Gasteiger partial charge is 0.329 e. The average Bonchev–Trinajstić information content (AvgIpc) is 1.99. The number of likely N-dealkylation sites (N-methyl/N-ethyl adjacent to an activating group) is 1. The molecule has 13 heavy (non-hydrogen) atoms. The van der Waals surface area contributed by atoms with Crippen molar-refractivity contribution in [2.75, 3.05) is 7.05 Å². The molecule has 0 aliphatic heterocycles. The lowest BCUT2D eigenvalue weighted by molar-refractivity contribution is -0.145. The first-order chi connectivity index (χ1) is 6.00. The highest BCUT2D eigenvalue weighted by Crippen LogP contribution is 2.03. The second kappa shape index (κ2) is 5.59. The SMILES string of the molecule is CCC=CN(C)[C@H](C(=O)O)[C@@H](C)O. The van der Waals surface area contributed by atoms with Crippen molar-refractivity contribution in [3.05, 3.63) is 12.3 Å². The van der Waals surface area contributed by atoms with Gasteiger partial charge in [-0.25, -0.2) is 4.79 Å². The highest BCUT2D eigenvalue weighted by Gasteiger charge is 2.25. The summed E-state index contributed by atoms with van der Waals surface area (Å²) in [7, 11) is 1.64. The number of carboxylic acid groups (broad SMARTS) is 1. The zero-order chi connectivity index (χ0) is 10.4. The number of nitrogens with zero attached hydrogens (tertiary/aromatic N) is 1. The van der Waals surface area contributed by atoms with Crippen LogP contribution in [0.2, 0.25) is 0 Å². The molecule has 0 saturated carbocycles. The normalized spacial score (nSPS) is 15.7. The summed E-state index contributed by atoms with van der Waals surface area (Å²) in [5, 5.41) is 18.0. The summed E-state index contributed by atoms with van der Waals surface area (Å²) in [5.41, 5.74) is 0. The summed E-state index contributed by atoms with van der Waals surface area (Å²) < 4.78 is 0. The van der Waals surface area contributed by atoms with E-state index in [1.165, 1.54) is 11.8 Å². The van der Waals surface area contributed by atoms with Gasteiger partial charge in [-0.2, -0.15) is 0 Å². The molecule has 0 rings (SSSR count). The fourth-order valence-corrected chi connectivity index (χ4v) is 1.09. The van der Waals surface area contributed by atoms with E-state index < -0.39 is 18.1 Å². The molecule has 76 valence electrons. The van der Waals surface area contributed by atoms with Crippen LogP contribution in [0, 0.1) is 0 Å². The molecule has 0 fully saturated rings. The highest BCUT2D eigenvalue weighted by molar-refractivity contribution is 5.74. The summed E-state index contributed by atoms with van der Waals surface area (Å²) >= 11 is 0. The Morgan fingerprint density at radius 1 is 1.62 bits per heavy atom. The number of carboxylic acids is 1. The largest absolute Gasteiger partial charge is 0.480 e. The second-order valence-electron chi connectivity index (χ2n) is 2.98. The Kier molecular flexibility index (Phi) is 5.14. The van der Waals surface area contributed by atoms with E-state index >= 15 is 0 Å². The first kappa shape index (κ1) is 12.0. The van der Waals surface area contributed by atoms with Gasteiger partial charge in [0.25, 0.3) is 0 Å². The second-order valence-corrected chi connectivity index (χ2v) is 2.98. The Balaban J connectivity index is 4.37. The highest BCUT2D eigenvalue weighted by atomic mass is 16.4. The molecule has 0 aromatic heterocycles. The van der Waals surface area contributed by atoms with Crippen LogP contribution in [0.5, 0.6) is 0 Å². The zero-order valence-corrected chi connectivity index (χ0v) is 8.27. The van der Waals surface area contributed by atoms with Gasteiger partial charge < -0.3 is 15.1 Å². The van der Waals surface area contributed by atoms with Crippen LogP contribution in [-0.4, -0.2) is 40.3 Å². The molecular formula is C9H17NO3. The Labute approximate surface area is 78.5 Å². The van der Waals surface area contributed by atoms with Crippen molar-refractivity contribution in [2.24, 2.45) is 0 Å². The Bertz CT molecular complexity index is 189. The molecule has 2 atom stereocenters. The van der Waals surface area contributed by atoms with E-state index in [1.54, 1.807) is 13.2 Å². The maximum atomic E-state index is 10.7. The lowest BCUT2D eigenvalue weighted by Gasteiger charge is -2.25. The zero-order valence-electron chi connectivity index (χ0n) is 8.27. The number of hydrogen-bond donors (Lipinski definition) is 2. The molecule has 0 aliphatic rings. The van der Waals surface area contributed by atoms with E-state index in [-0.39, 0.29) is 0 Å². The third kappa shape index (κ3) is 3.94. The summed E-state index contributed by atoms with van der Waals surface area (Å²) in [4.78, 5) is 12.2. The summed E-state index contributed by atoms with van der Waals surface area (Å²) in [6.45, 7) is 3.43. The van der Waals surface area contributed by atoms with Crippen molar-refractivity contribution >= 4 is 5.97 Å². The van der Waals surface area contributed by atoms with Gasteiger partial charge in [-0.15, -0.1) is 0 Å². The van der Waals surface area contributed by atoms with Gasteiger partial charge in [-0.1, -0.05) is 13.0 Å². The number of hydrogen-bond acceptors (Lipinski definition) is 3. The molecule has 0 saturated heterocycles. The van der Waals surface area contributed by atoms with Crippen LogP contribution < -0.4 is 0 Å². The molecule has 0 unspecified atom stereocenters. The lowest BCUT2D eigenvalue weighted by atomic mass is 10.1. The number of aliphatic carboxylic acids is 1. The average molecular weight is 187 g/mol. The third-order valence-electron chi connectivity index (χ3n) is 1.72. The first-order valence-electron chi connectivity index (χ1n) is 4.30. The first-order valence-corrected chi connectivity index (χ1v) is 4.30. The number of rotatable bonds is 5. The number of aliphatic hydroxyl groups is 1. The van der Waals surface area contributed by atoms with E-state index in [4.69, 9.17) is 5.11 Å². The van der Waals surface area contributed by atoms with Gasteiger partial charge >= 0.3 is 5.97 Å². The number of allylic oxidation sites excluding steroid dienone is 1. The molecule has 0 heterocycles. The van der Waals surface area contributed by atoms with Gasteiger partial charge in [-0.05, 0) is 19.5 Å². The molecule has 0 aromatic rings. The van der Waals surface area contributed by atoms with Gasteiger partial charge in [0, 0.05) is 7.05 Å². The van der Waals surface area contributed by atoms with E-state index in [0.29, 0.717) is 0 Å². The minimum atomic E-state index is -1.02. The fourth-order valence-electron chi connectivity index (χ4n) is 1.09. The molecule has 0 amide bonds. The summed E-state index contributed by atoms with van der Waals surface area (Å²) in [6.07, 6.45) is 3.48. The van der Waals surface area contributed by atoms with Crippen molar-refractivity contribution in [3.63, 3.8) is 0 Å². The maximum absolute atomic E-state index is 10.7. The molecule has 4 nitrogen and oxygen atoms in total. The minimum Gasteiger partial charge on any atom is -0.480 e. The molecule has 0 spiro atoms. The van der Waals surface area contributed by atoms with Crippen LogP contribution in [0.15, 0.2) is 12.3 Å². The number of carbonyl (C=O) groups is 1. The van der Waals surface area contributed by atoms with Gasteiger partial charge in [0.15, 0.2) is 6.04 Å². The topological polar surface area (TPSA) is 60.8 Å². The van der Waals surface area contributed by atoms with Crippen molar-refractivity contribution in [1.29, 1.82) is 0 Å². The fraction of sp³-hybridized carbons (Fsp3) is 0.667. The minimum absolute atomic E-state index is 0.844. The molecule has 0 aliphatic carbocycles. The van der Waals surface area contributed by atoms with E-state index in [0.717, 1.165) is 6.42 Å². The van der Waals surface area contributed by atoms with Crippen LogP contribution in [-0.2, 0) is 4.79 Å². The van der Waals surface area contributed by atoms with Gasteiger partial charge in [0.2, 0.25) is 0 Å². The van der Waals surface area contributed by atoms with Crippen LogP contribution in [0.4, 0.5) is 0 Å². The van der Waals surface area contributed by atoms with Crippen molar-refractivity contribution in [3.8, 4) is 0 Å². The molecule has 4 heteroatoms. The Morgan fingerprint density at radius 2 is 2.15 bits per heavy atom. The quantitative estimate of drug-likeness (QED) is 0.664. The maximum Gasteiger partial charge on any atom is 0.329 e. The molecule has 0 radical (unpaired) electrons. The van der Waals surface area contributed by atoms with Crippen LogP contribution in [0.1, 0.15) is 20.3 Å². The van der Waals surface area contributed by atoms with Crippen molar-refractivity contribution < 1.29 is 15.0 Å². The van der Waals surface area contributed by atoms with E-state index in [2.05, 4.69) is 0 Å². The van der Waals surface area contributed by atoms with Crippen LogP contribution in [0.3, 0.4) is 0 Å². The molecule has 0 bridgehead atoms. The van der Waals surface area contributed by atoms with Crippen molar-refractivity contribution in [1.82, 2.24) is 4.90 Å². The lowest BCUT2D eigenvalue weighted by Crippen LogP contribution is -2.43. The van der Waals surface area contributed by atoms with Crippen LogP contribution in [0.25, 0.3) is 0 Å². The van der Waals surface area contributed by atoms with E-state index in [1.807, 2.05) is 13.0 Å². The standard InChI is InChI=1S/C9H17NO3/c1-4-5-6-10(3)8(7(2)11)9(12)13/h5-8,11H,4H2,1-3H3,(H,12,13)/t7-,8+/m1/s1. The summed E-state index contributed by atoms with van der Waals surface area (Å²) in [5.74, 6) is -1.02. The Morgan fingerprint density at radius 3 is 2.46 bits per heavy atom.